The fourth-order valence-corrected chi connectivity index (χ4v) is 0.202. The maximum absolute atomic E-state index is 9.81. The van der Waals surface area contributed by atoms with E-state index in [1.807, 2.05) is 0 Å². The van der Waals surface area contributed by atoms with Gasteiger partial charge in [0.25, 0.3) is 0 Å². The molecule has 8 heteroatoms. The molecule has 0 heterocycles. The first-order chi connectivity index (χ1) is 4.86. The molecule has 64 valence electrons. The van der Waals surface area contributed by atoms with Gasteiger partial charge < -0.3 is 20.1 Å². The van der Waals surface area contributed by atoms with E-state index in [1.54, 1.807) is 0 Å². The molecule has 7 nitrogen and oxygen atoms in total. The Balaban J connectivity index is -0.000000142. The van der Waals surface area contributed by atoms with Gasteiger partial charge in [0.2, 0.25) is 0 Å². The van der Waals surface area contributed by atoms with Crippen LogP contribution in [0.2, 0.25) is 0 Å². The van der Waals surface area contributed by atoms with Crippen molar-refractivity contribution in [3.05, 3.63) is 15.3 Å². The van der Waals surface area contributed by atoms with Gasteiger partial charge in [0.1, 0.15) is 0 Å². The largest absolute Gasteiger partial charge is 1.00 e. The van der Waals surface area contributed by atoms with Gasteiger partial charge in [0.15, 0.2) is 0 Å². The maximum atomic E-state index is 9.81. The number of hydrogen-bond donors (Lipinski definition) is 0. The molecule has 0 aromatic rings. The summed E-state index contributed by atoms with van der Waals surface area (Å²) in [5.74, 6) is -1.12. The second-order valence-corrected chi connectivity index (χ2v) is 1.31. The summed E-state index contributed by atoms with van der Waals surface area (Å²) in [6.07, 6.45) is 0. The van der Waals surface area contributed by atoms with E-state index >= 15 is 0 Å². The summed E-state index contributed by atoms with van der Waals surface area (Å²) >= 11 is 0. The number of carbonyl (C=O) groups excluding carboxylic acids is 2. The molecule has 0 aliphatic carbocycles. The first-order valence-electron chi connectivity index (χ1n) is 2.36. The zero-order chi connectivity index (χ0) is 9.44. The Hall–Kier alpha value is -0.660. The Kier molecular flexibility index (Phi) is 15.0. The van der Waals surface area contributed by atoms with E-state index in [0.717, 1.165) is 0 Å². The maximum Gasteiger partial charge on any atom is 1.00 e. The van der Waals surface area contributed by atoms with Crippen molar-refractivity contribution in [2.45, 2.75) is 13.8 Å². The average Bonchev–Trinajstić information content (AvgIpc) is 1.56. The summed E-state index contributed by atoms with van der Waals surface area (Å²) in [6, 6.07) is 0. The van der Waals surface area contributed by atoms with E-state index in [0.29, 0.717) is 0 Å². The molecule has 0 aliphatic rings. The van der Waals surface area contributed by atoms with Crippen LogP contribution in [0.25, 0.3) is 0 Å². The van der Waals surface area contributed by atoms with Gasteiger partial charge in [0, 0.05) is 13.8 Å². The Morgan fingerprint density at radius 2 is 1.33 bits per heavy atom. The van der Waals surface area contributed by atoms with Crippen LogP contribution >= 0.6 is 0 Å². The molecule has 0 amide bonds. The van der Waals surface area contributed by atoms with Crippen molar-refractivity contribution in [3.8, 4) is 0 Å². The Bertz CT molecular complexity index is 153. The van der Waals surface area contributed by atoms with E-state index in [1.165, 1.54) is 13.8 Å². The number of hydrogen-bond acceptors (Lipinski definition) is 6. The fraction of sp³-hybridized carbons (Fsp3) is 0.500. The summed E-state index contributed by atoms with van der Waals surface area (Å²) in [5, 5.41) is 14.8. The van der Waals surface area contributed by atoms with Crippen LogP contribution in [0.3, 0.4) is 0 Å². The number of ether oxygens (including phenoxy) is 1. The first-order valence-corrected chi connectivity index (χ1v) is 2.36. The molecular weight excluding hydrogens is 181 g/mol. The number of nitrogens with zero attached hydrogens (tertiary/aromatic N) is 1. The number of carbonyl (C=O) groups is 2. The summed E-state index contributed by atoms with van der Waals surface area (Å²) in [4.78, 5) is 27.9. The quantitative estimate of drug-likeness (QED) is 0.130. The summed E-state index contributed by atoms with van der Waals surface area (Å²) in [6.45, 7) is 2.36. The van der Waals surface area contributed by atoms with Gasteiger partial charge in [0.05, 0.1) is 5.09 Å². The van der Waals surface area contributed by atoms with Crippen molar-refractivity contribution in [2.24, 2.45) is 0 Å². The zero-order valence-corrected chi connectivity index (χ0v) is 8.90. The monoisotopic (exact) mass is 187 g/mol. The predicted molar refractivity (Wildman–Crippen MR) is 32.8 cm³/mol. The molecule has 0 saturated heterocycles. The van der Waals surface area contributed by atoms with Crippen LogP contribution in [-0.2, 0) is 14.3 Å². The third-order valence-electron chi connectivity index (χ3n) is 0.287. The van der Waals surface area contributed by atoms with Crippen molar-refractivity contribution in [1.29, 1.82) is 0 Å². The molecule has 0 atom stereocenters. The van der Waals surface area contributed by atoms with Gasteiger partial charge in [-0.1, -0.05) is 0 Å². The molecule has 0 radical (unpaired) electrons. The Labute approximate surface area is 90.1 Å². The molecule has 0 aromatic heterocycles. The summed E-state index contributed by atoms with van der Waals surface area (Å²) < 4.78 is 3.97. The molecule has 0 bridgehead atoms. The fourth-order valence-electron chi connectivity index (χ4n) is 0.202. The van der Waals surface area contributed by atoms with Gasteiger partial charge in [-0.25, -0.2) is 0 Å². The molecule has 0 unspecified atom stereocenters. The second-order valence-electron chi connectivity index (χ2n) is 1.31. The van der Waals surface area contributed by atoms with Gasteiger partial charge in [-0.3, -0.25) is 9.59 Å². The van der Waals surface area contributed by atoms with E-state index in [-0.39, 0.29) is 29.6 Å². The zero-order valence-electron chi connectivity index (χ0n) is 6.90. The van der Waals surface area contributed by atoms with Crippen molar-refractivity contribution >= 4 is 11.9 Å². The van der Waals surface area contributed by atoms with Crippen LogP contribution in [-0.4, -0.2) is 17.0 Å². The minimum atomic E-state index is -1.75. The van der Waals surface area contributed by atoms with E-state index in [2.05, 4.69) is 4.74 Å². The molecule has 0 N–H and O–H groups in total. The van der Waals surface area contributed by atoms with Gasteiger partial charge in [-0.2, -0.15) is 0 Å². The molecule has 12 heavy (non-hydrogen) atoms. The van der Waals surface area contributed by atoms with Gasteiger partial charge in [-0.15, -0.1) is 0 Å². The average molecular weight is 187 g/mol. The third-order valence-corrected chi connectivity index (χ3v) is 0.287. The Morgan fingerprint density at radius 3 is 1.33 bits per heavy atom. The molecule has 0 saturated carbocycles. The van der Waals surface area contributed by atoms with Crippen molar-refractivity contribution in [3.63, 3.8) is 0 Å². The first kappa shape index (κ1) is 17.4. The molecule has 0 aromatic carbocycles. The summed E-state index contributed by atoms with van der Waals surface area (Å²) in [5.41, 5.74) is 0. The molecule has 0 fully saturated rings. The van der Waals surface area contributed by atoms with Crippen LogP contribution < -0.4 is 29.6 Å². The molecule has 0 rings (SSSR count). The molecule has 0 spiro atoms. The van der Waals surface area contributed by atoms with Gasteiger partial charge >= 0.3 is 41.5 Å². The standard InChI is InChI=1S/C4H6O3.NO3.Na/c1-3(5)7-4(2)6;2-1(3)4;/h1-2H3;;/q;-1;+1. The SMILES string of the molecule is CC(=O)OC(C)=O.O=[N+]([O-])[O-].[Na+]. The van der Waals surface area contributed by atoms with Crippen molar-refractivity contribution in [1.82, 2.24) is 0 Å². The minimum absolute atomic E-state index is 0. The predicted octanol–water partition coefficient (Wildman–Crippen LogP) is -3.14. The number of rotatable bonds is 0. The van der Waals surface area contributed by atoms with Crippen molar-refractivity contribution in [2.75, 3.05) is 0 Å². The van der Waals surface area contributed by atoms with Crippen LogP contribution in [0, 0.1) is 15.3 Å². The van der Waals surface area contributed by atoms with Crippen LogP contribution in [0.4, 0.5) is 0 Å². The topological polar surface area (TPSA) is 110 Å². The van der Waals surface area contributed by atoms with Gasteiger partial charge in [-0.05, 0) is 0 Å². The van der Waals surface area contributed by atoms with E-state index in [4.69, 9.17) is 15.3 Å². The van der Waals surface area contributed by atoms with E-state index in [9.17, 15) is 9.59 Å². The van der Waals surface area contributed by atoms with Crippen LogP contribution in [0.5, 0.6) is 0 Å². The van der Waals surface area contributed by atoms with E-state index < -0.39 is 17.0 Å². The normalized spacial score (nSPS) is 6.50. The van der Waals surface area contributed by atoms with Crippen LogP contribution in [0.15, 0.2) is 0 Å². The number of esters is 2. The Morgan fingerprint density at radius 1 is 1.17 bits per heavy atom. The summed E-state index contributed by atoms with van der Waals surface area (Å²) in [7, 11) is 0. The minimum Gasteiger partial charge on any atom is -0.394 e. The van der Waals surface area contributed by atoms with Crippen molar-refractivity contribution < 1.29 is 49.0 Å². The second kappa shape index (κ2) is 10.3. The molecular formula is C4H6NNaO6. The smallest absolute Gasteiger partial charge is 0.394 e. The van der Waals surface area contributed by atoms with Crippen LogP contribution in [0.1, 0.15) is 13.8 Å². The molecule has 0 aliphatic heterocycles. The third kappa shape index (κ3) is 58.2.